The van der Waals surface area contributed by atoms with Crippen LogP contribution in [0.4, 0.5) is 5.69 Å². The van der Waals surface area contributed by atoms with E-state index in [4.69, 9.17) is 14.2 Å². The van der Waals surface area contributed by atoms with Gasteiger partial charge in [0.25, 0.3) is 0 Å². The predicted octanol–water partition coefficient (Wildman–Crippen LogP) is 4.46. The third-order valence-electron chi connectivity index (χ3n) is 4.32. The minimum absolute atomic E-state index is 0.0616. The van der Waals surface area contributed by atoms with Gasteiger partial charge in [-0.3, -0.25) is 9.10 Å². The molecular formula is C23H23NO5S. The van der Waals surface area contributed by atoms with E-state index in [0.29, 0.717) is 23.0 Å². The summed E-state index contributed by atoms with van der Waals surface area (Å²) >= 11 is -0.186. The van der Waals surface area contributed by atoms with Gasteiger partial charge < -0.3 is 14.2 Å². The Bertz CT molecular complexity index is 1010. The number of hydrogen-bond donors (Lipinski definition) is 1. The highest BCUT2D eigenvalue weighted by Crippen LogP contribution is 2.36. The van der Waals surface area contributed by atoms with Crippen molar-refractivity contribution in [2.75, 3.05) is 18.0 Å². The molecule has 0 bridgehead atoms. The monoisotopic (exact) mass is 425 g/mol. The summed E-state index contributed by atoms with van der Waals surface area (Å²) < 4.78 is 29.8. The highest BCUT2D eigenvalue weighted by atomic mass is 32.2. The molecule has 0 aliphatic heterocycles. The Hall–Kier alpha value is -3.32. The molecule has 3 rings (SSSR count). The number of benzene rings is 3. The van der Waals surface area contributed by atoms with Crippen LogP contribution >= 0.6 is 0 Å². The predicted molar refractivity (Wildman–Crippen MR) is 118 cm³/mol. The number of carbonyl (C=O) groups is 1. The minimum Gasteiger partial charge on any atom is -0.493 e. The van der Waals surface area contributed by atoms with Crippen LogP contribution in [-0.2, 0) is 16.6 Å². The number of aryl methyl sites for hydroxylation is 1. The first-order valence-corrected chi connectivity index (χ1v) is 10.2. The molecule has 0 aliphatic carbocycles. The zero-order valence-electron chi connectivity index (χ0n) is 16.8. The second kappa shape index (κ2) is 10.5. The fraction of sp³-hybridized carbons (Fsp3) is 0.174. The number of ether oxygens (including phenoxy) is 3. The fourth-order valence-electron chi connectivity index (χ4n) is 2.75. The summed E-state index contributed by atoms with van der Waals surface area (Å²) in [6.45, 7) is 2.23. The van der Waals surface area contributed by atoms with Crippen LogP contribution in [0.3, 0.4) is 0 Å². The molecule has 3 aromatic carbocycles. The molecule has 156 valence electrons. The molecule has 0 saturated heterocycles. The second-order valence-corrected chi connectivity index (χ2v) is 7.11. The molecule has 0 N–H and O–H groups in total. The summed E-state index contributed by atoms with van der Waals surface area (Å²) in [5.74, 6) is 1.33. The zero-order chi connectivity index (χ0) is 21.3. The standard InChI is InChI=1S/C23H23NO5S/c1-17-11-13-18(14-12-17)24(30-26)16-15-23(25)29-22-10-6-5-9-21(22)28-20-8-4-3-7-19(20)27-2/h3-14,30H,15-16H2,1-2H3. The van der Waals surface area contributed by atoms with Gasteiger partial charge in [-0.2, -0.15) is 0 Å². The van der Waals surface area contributed by atoms with Gasteiger partial charge in [-0.15, -0.1) is 0 Å². The lowest BCUT2D eigenvalue weighted by atomic mass is 10.2. The fourth-order valence-corrected chi connectivity index (χ4v) is 3.15. The average Bonchev–Trinajstić information content (AvgIpc) is 2.77. The van der Waals surface area contributed by atoms with Crippen molar-refractivity contribution in [1.29, 1.82) is 0 Å². The normalized spacial score (nSPS) is 10.3. The number of carbonyl (C=O) groups excluding carboxylic acids is 1. The number of esters is 1. The molecule has 0 heterocycles. The largest absolute Gasteiger partial charge is 0.493 e. The summed E-state index contributed by atoms with van der Waals surface area (Å²) in [6, 6.07) is 21.7. The number of nitrogens with zero attached hydrogens (tertiary/aromatic N) is 1. The van der Waals surface area contributed by atoms with Gasteiger partial charge >= 0.3 is 5.97 Å². The van der Waals surface area contributed by atoms with Crippen LogP contribution in [0.15, 0.2) is 72.8 Å². The van der Waals surface area contributed by atoms with Gasteiger partial charge in [0, 0.05) is 12.2 Å². The SMILES string of the molecule is COc1ccccc1Oc1ccccc1OC(=O)CCN([SH]=O)c1ccc(C)cc1. The van der Waals surface area contributed by atoms with E-state index < -0.39 is 5.97 Å². The van der Waals surface area contributed by atoms with E-state index in [2.05, 4.69) is 0 Å². The number of rotatable bonds is 9. The summed E-state index contributed by atoms with van der Waals surface area (Å²) in [7, 11) is 1.56. The van der Waals surface area contributed by atoms with E-state index in [1.165, 1.54) is 0 Å². The van der Waals surface area contributed by atoms with Crippen LogP contribution in [-0.4, -0.2) is 23.8 Å². The molecule has 0 aliphatic rings. The van der Waals surface area contributed by atoms with Gasteiger partial charge in [0.1, 0.15) is 11.9 Å². The van der Waals surface area contributed by atoms with Crippen LogP contribution < -0.4 is 18.5 Å². The quantitative estimate of drug-likeness (QED) is 0.312. The Balaban J connectivity index is 1.65. The molecule has 0 aromatic heterocycles. The van der Waals surface area contributed by atoms with Crippen molar-refractivity contribution in [2.24, 2.45) is 0 Å². The number of hydrogen-bond acceptors (Lipinski definition) is 5. The molecule has 0 atom stereocenters. The Labute approximate surface area is 179 Å². The molecule has 0 saturated carbocycles. The van der Waals surface area contributed by atoms with Crippen molar-refractivity contribution in [2.45, 2.75) is 13.3 Å². The molecule has 0 spiro atoms. The van der Waals surface area contributed by atoms with Gasteiger partial charge in [0.15, 0.2) is 23.0 Å². The first kappa shape index (κ1) is 21.4. The van der Waals surface area contributed by atoms with Crippen LogP contribution in [0.5, 0.6) is 23.0 Å². The Morgan fingerprint density at radius 1 is 0.867 bits per heavy atom. The van der Waals surface area contributed by atoms with Crippen LogP contribution in [0.2, 0.25) is 0 Å². The number of anilines is 1. The van der Waals surface area contributed by atoms with Gasteiger partial charge in [0.05, 0.1) is 13.5 Å². The van der Waals surface area contributed by atoms with E-state index in [1.54, 1.807) is 47.8 Å². The summed E-state index contributed by atoms with van der Waals surface area (Å²) in [5, 5.41) is 0. The minimum atomic E-state index is -0.452. The lowest BCUT2D eigenvalue weighted by Crippen LogP contribution is -2.23. The van der Waals surface area contributed by atoms with Gasteiger partial charge in [-0.05, 0) is 43.3 Å². The summed E-state index contributed by atoms with van der Waals surface area (Å²) in [5.41, 5.74) is 1.87. The van der Waals surface area contributed by atoms with Crippen molar-refractivity contribution in [3.05, 3.63) is 78.4 Å². The zero-order valence-corrected chi connectivity index (χ0v) is 17.7. The Morgan fingerprint density at radius 3 is 2.03 bits per heavy atom. The highest BCUT2D eigenvalue weighted by molar-refractivity contribution is 7.67. The third kappa shape index (κ3) is 5.61. The number of thiol groups is 1. The second-order valence-electron chi connectivity index (χ2n) is 6.46. The van der Waals surface area contributed by atoms with Crippen molar-refractivity contribution < 1.29 is 23.2 Å². The van der Waals surface area contributed by atoms with Gasteiger partial charge in [-0.1, -0.05) is 42.0 Å². The molecule has 3 aromatic rings. The molecule has 0 unspecified atom stereocenters. The molecule has 0 radical (unpaired) electrons. The van der Waals surface area contributed by atoms with Crippen LogP contribution in [0.1, 0.15) is 12.0 Å². The van der Waals surface area contributed by atoms with E-state index in [9.17, 15) is 9.00 Å². The maximum Gasteiger partial charge on any atom is 0.313 e. The van der Waals surface area contributed by atoms with Gasteiger partial charge in [0.2, 0.25) is 0 Å². The van der Waals surface area contributed by atoms with Crippen molar-refractivity contribution in [3.63, 3.8) is 0 Å². The van der Waals surface area contributed by atoms with E-state index in [0.717, 1.165) is 11.3 Å². The smallest absolute Gasteiger partial charge is 0.313 e. The van der Waals surface area contributed by atoms with E-state index in [-0.39, 0.29) is 24.8 Å². The first-order valence-electron chi connectivity index (χ1n) is 9.39. The number of methoxy groups -OCH3 is 1. The van der Waals surface area contributed by atoms with Crippen LogP contribution in [0, 0.1) is 6.92 Å². The third-order valence-corrected chi connectivity index (χ3v) is 4.95. The first-order chi connectivity index (χ1) is 14.6. The van der Waals surface area contributed by atoms with E-state index in [1.807, 2.05) is 43.3 Å². The Kier molecular flexibility index (Phi) is 7.45. The van der Waals surface area contributed by atoms with E-state index >= 15 is 0 Å². The number of para-hydroxylation sites is 4. The molecule has 6 nitrogen and oxygen atoms in total. The highest BCUT2D eigenvalue weighted by Gasteiger charge is 2.14. The van der Waals surface area contributed by atoms with Crippen molar-refractivity contribution in [3.8, 4) is 23.0 Å². The summed E-state index contributed by atoms with van der Waals surface area (Å²) in [4.78, 5) is 12.4. The van der Waals surface area contributed by atoms with Gasteiger partial charge in [-0.25, -0.2) is 4.21 Å². The topological polar surface area (TPSA) is 65.1 Å². The Morgan fingerprint density at radius 2 is 1.43 bits per heavy atom. The molecular weight excluding hydrogens is 402 g/mol. The lowest BCUT2D eigenvalue weighted by molar-refractivity contribution is -0.134. The van der Waals surface area contributed by atoms with Crippen molar-refractivity contribution >= 4 is 23.5 Å². The maximum absolute atomic E-state index is 12.4. The lowest BCUT2D eigenvalue weighted by Gasteiger charge is -2.17. The summed E-state index contributed by atoms with van der Waals surface area (Å²) in [6.07, 6.45) is 0.0616. The molecule has 0 amide bonds. The molecule has 0 fully saturated rings. The van der Waals surface area contributed by atoms with Crippen LogP contribution in [0.25, 0.3) is 0 Å². The molecule has 7 heteroatoms. The van der Waals surface area contributed by atoms with Crippen molar-refractivity contribution in [1.82, 2.24) is 0 Å². The molecule has 30 heavy (non-hydrogen) atoms. The maximum atomic E-state index is 12.4. The average molecular weight is 426 g/mol.